The average Bonchev–Trinajstić information content (AvgIpc) is 2.90. The van der Waals surface area contributed by atoms with Crippen molar-refractivity contribution in [3.05, 3.63) is 59.9 Å². The first kappa shape index (κ1) is 27.1. The van der Waals surface area contributed by atoms with Crippen LogP contribution < -0.4 is 20.1 Å². The van der Waals surface area contributed by atoms with E-state index in [0.717, 1.165) is 25.9 Å². The highest BCUT2D eigenvalue weighted by atomic mass is 32.2. The molecule has 1 atom stereocenters. The molecule has 2 aliphatic rings. The van der Waals surface area contributed by atoms with E-state index in [9.17, 15) is 13.4 Å². The number of nitrogens with two attached hydrogens (primary N) is 1. The Kier molecular flexibility index (Phi) is 7.83. The number of piperidine rings is 1. The first-order valence-corrected chi connectivity index (χ1v) is 14.5. The number of nitrogens with one attached hydrogen (secondary N) is 1. The number of carbonyl (C=O) groups is 1. The van der Waals surface area contributed by atoms with Crippen LogP contribution in [0.2, 0.25) is 0 Å². The van der Waals surface area contributed by atoms with Crippen molar-refractivity contribution in [2.75, 3.05) is 30.3 Å². The quantitative estimate of drug-likeness (QED) is 0.400. The third-order valence-corrected chi connectivity index (χ3v) is 8.51. The lowest BCUT2D eigenvalue weighted by Crippen LogP contribution is -2.44. The number of amides is 1. The first-order chi connectivity index (χ1) is 18.7. The smallest absolute Gasteiger partial charge is 0.267 e. The molecule has 39 heavy (non-hydrogen) atoms. The third kappa shape index (κ3) is 6.21. The fourth-order valence-corrected chi connectivity index (χ4v) is 5.95. The maximum atomic E-state index is 14.5. The van der Waals surface area contributed by atoms with Gasteiger partial charge in [-0.05, 0) is 73.4 Å². The molecule has 1 aliphatic heterocycles. The minimum Gasteiger partial charge on any atom is -0.493 e. The Balaban J connectivity index is 1.46. The summed E-state index contributed by atoms with van der Waals surface area (Å²) in [7, 11) is -1.90. The Bertz CT molecular complexity index is 1390. The molecule has 206 valence electrons. The molecular formula is C29H34FN5O3S. The first-order valence-electron chi connectivity index (χ1n) is 13.4. The van der Waals surface area contributed by atoms with E-state index < -0.39 is 22.7 Å². The molecule has 2 aromatic heterocycles. The highest BCUT2D eigenvalue weighted by Gasteiger charge is 2.40. The number of pyridine rings is 2. The Morgan fingerprint density at radius 2 is 1.90 bits per heavy atom. The minimum atomic E-state index is -1.90. The van der Waals surface area contributed by atoms with Crippen molar-refractivity contribution < 1.29 is 18.1 Å². The molecule has 0 bridgehead atoms. The summed E-state index contributed by atoms with van der Waals surface area (Å²) >= 11 is 0. The lowest BCUT2D eigenvalue weighted by Gasteiger charge is -2.48. The van der Waals surface area contributed by atoms with E-state index >= 15 is 0 Å². The van der Waals surface area contributed by atoms with E-state index in [4.69, 9.17) is 15.5 Å². The molecule has 3 heterocycles. The molecule has 3 N–H and O–H groups in total. The van der Waals surface area contributed by atoms with Crippen LogP contribution >= 0.6 is 0 Å². The van der Waals surface area contributed by atoms with Crippen molar-refractivity contribution >= 4 is 28.5 Å². The summed E-state index contributed by atoms with van der Waals surface area (Å²) in [6, 6.07) is 12.6. The minimum absolute atomic E-state index is 0.160. The highest BCUT2D eigenvalue weighted by molar-refractivity contribution is 7.83. The molecule has 1 amide bonds. The van der Waals surface area contributed by atoms with Crippen molar-refractivity contribution in [2.24, 2.45) is 11.3 Å². The Labute approximate surface area is 230 Å². The SMILES string of the molecule is CC(C)COc1cc(F)cc(-c2ccc(C(=O)NS(=O)c3cccc(N)n3)c(N3CCC4(CCC4)CC3)n2)c1. The summed E-state index contributed by atoms with van der Waals surface area (Å²) in [5.41, 5.74) is 7.50. The van der Waals surface area contributed by atoms with E-state index in [1.807, 2.05) is 13.8 Å². The maximum absolute atomic E-state index is 14.5. The number of aromatic nitrogens is 2. The molecule has 10 heteroatoms. The number of anilines is 2. The number of carbonyl (C=O) groups excluding carboxylic acids is 1. The van der Waals surface area contributed by atoms with E-state index in [1.54, 1.807) is 36.4 Å². The lowest BCUT2D eigenvalue weighted by atomic mass is 9.63. The van der Waals surface area contributed by atoms with Gasteiger partial charge in [0.15, 0.2) is 16.0 Å². The number of halogens is 1. The van der Waals surface area contributed by atoms with Gasteiger partial charge in [-0.2, -0.15) is 0 Å². The number of rotatable bonds is 8. The average molecular weight is 552 g/mol. The Hall–Kier alpha value is -3.53. The van der Waals surface area contributed by atoms with Gasteiger partial charge in [0, 0.05) is 24.7 Å². The van der Waals surface area contributed by atoms with Gasteiger partial charge in [-0.15, -0.1) is 0 Å². The predicted octanol–water partition coefficient (Wildman–Crippen LogP) is 5.12. The van der Waals surface area contributed by atoms with Crippen molar-refractivity contribution in [1.29, 1.82) is 0 Å². The highest BCUT2D eigenvalue weighted by Crippen LogP contribution is 2.49. The molecule has 1 saturated heterocycles. The number of benzene rings is 1. The van der Waals surface area contributed by atoms with Crippen LogP contribution in [-0.2, 0) is 11.0 Å². The zero-order valence-corrected chi connectivity index (χ0v) is 23.1. The predicted molar refractivity (Wildman–Crippen MR) is 150 cm³/mol. The van der Waals surface area contributed by atoms with Crippen LogP contribution in [0.4, 0.5) is 16.0 Å². The van der Waals surface area contributed by atoms with E-state index in [0.29, 0.717) is 46.3 Å². The summed E-state index contributed by atoms with van der Waals surface area (Å²) in [6.45, 7) is 6.06. The van der Waals surface area contributed by atoms with Gasteiger partial charge in [0.05, 0.1) is 17.9 Å². The second kappa shape index (κ2) is 11.3. The topological polar surface area (TPSA) is 110 Å². The van der Waals surface area contributed by atoms with Gasteiger partial charge in [-0.25, -0.2) is 18.6 Å². The van der Waals surface area contributed by atoms with E-state index in [2.05, 4.69) is 14.6 Å². The Morgan fingerprint density at radius 3 is 2.56 bits per heavy atom. The van der Waals surface area contributed by atoms with Crippen molar-refractivity contribution in [1.82, 2.24) is 14.7 Å². The van der Waals surface area contributed by atoms with Crippen LogP contribution in [0.15, 0.2) is 53.6 Å². The normalized spacial score (nSPS) is 17.1. The molecular weight excluding hydrogens is 517 g/mol. The summed E-state index contributed by atoms with van der Waals surface area (Å²) < 4.78 is 35.7. The number of nitrogen functional groups attached to an aromatic ring is 1. The number of hydrogen-bond acceptors (Lipinski definition) is 7. The van der Waals surface area contributed by atoms with Crippen LogP contribution in [0, 0.1) is 17.2 Å². The van der Waals surface area contributed by atoms with Gasteiger partial charge in [0.25, 0.3) is 5.91 Å². The Morgan fingerprint density at radius 1 is 1.13 bits per heavy atom. The molecule has 5 rings (SSSR count). The number of hydrogen-bond donors (Lipinski definition) is 2. The lowest BCUT2D eigenvalue weighted by molar-refractivity contribution is 0.0946. The van der Waals surface area contributed by atoms with E-state index in [1.165, 1.54) is 31.4 Å². The second-order valence-corrected chi connectivity index (χ2v) is 12.0. The largest absolute Gasteiger partial charge is 0.493 e. The van der Waals surface area contributed by atoms with Gasteiger partial charge in [0.2, 0.25) is 0 Å². The summed E-state index contributed by atoms with van der Waals surface area (Å²) in [5.74, 6) is 0.476. The van der Waals surface area contributed by atoms with Crippen molar-refractivity contribution in [2.45, 2.75) is 51.0 Å². The zero-order chi connectivity index (χ0) is 27.6. The molecule has 1 unspecified atom stereocenters. The van der Waals surface area contributed by atoms with E-state index in [-0.39, 0.29) is 10.8 Å². The zero-order valence-electron chi connectivity index (χ0n) is 22.3. The monoisotopic (exact) mass is 551 g/mol. The second-order valence-electron chi connectivity index (χ2n) is 10.9. The standard InChI is InChI=1S/C29H34FN5O3S/c1-19(2)18-38-22-16-20(15-21(30)17-22)24-8-7-23(28(36)34-39(37)26-6-3-5-25(31)33-26)27(32-24)35-13-11-29(12-14-35)9-4-10-29/h3,5-8,15-17,19H,4,9-14,18H2,1-2H3,(H2,31,33)(H,34,36). The molecule has 0 radical (unpaired) electrons. The molecule has 1 aromatic carbocycles. The van der Waals surface area contributed by atoms with Crippen LogP contribution in [-0.4, -0.2) is 39.8 Å². The van der Waals surface area contributed by atoms with Crippen molar-refractivity contribution in [3.63, 3.8) is 0 Å². The number of nitrogens with zero attached hydrogens (tertiary/aromatic N) is 3. The molecule has 1 aliphatic carbocycles. The van der Waals surface area contributed by atoms with Gasteiger partial charge in [-0.3, -0.25) is 9.52 Å². The van der Waals surface area contributed by atoms with Crippen LogP contribution in [0.1, 0.15) is 56.3 Å². The van der Waals surface area contributed by atoms with Gasteiger partial charge in [-0.1, -0.05) is 26.3 Å². The van der Waals surface area contributed by atoms with Crippen molar-refractivity contribution in [3.8, 4) is 17.0 Å². The summed E-state index contributed by atoms with van der Waals surface area (Å²) in [6.07, 6.45) is 5.83. The summed E-state index contributed by atoms with van der Waals surface area (Å²) in [5, 5.41) is 0.160. The third-order valence-electron chi connectivity index (χ3n) is 7.53. The summed E-state index contributed by atoms with van der Waals surface area (Å²) in [4.78, 5) is 24.4. The molecule has 2 fully saturated rings. The fraction of sp³-hybridized carbons (Fsp3) is 0.414. The van der Waals surface area contributed by atoms with Gasteiger partial charge >= 0.3 is 0 Å². The fourth-order valence-electron chi connectivity index (χ4n) is 5.18. The molecule has 1 spiro atoms. The van der Waals surface area contributed by atoms with Gasteiger partial charge < -0.3 is 15.4 Å². The molecule has 1 saturated carbocycles. The number of ether oxygens (including phenoxy) is 1. The van der Waals surface area contributed by atoms with Crippen LogP contribution in [0.5, 0.6) is 5.75 Å². The van der Waals surface area contributed by atoms with Crippen LogP contribution in [0.3, 0.4) is 0 Å². The maximum Gasteiger partial charge on any atom is 0.267 e. The molecule has 3 aromatic rings. The van der Waals surface area contributed by atoms with Crippen LogP contribution in [0.25, 0.3) is 11.3 Å². The molecule has 8 nitrogen and oxygen atoms in total. The van der Waals surface area contributed by atoms with Gasteiger partial charge in [0.1, 0.15) is 23.2 Å².